The number of hydrogen-bond donors (Lipinski definition) is 1. The highest BCUT2D eigenvalue weighted by atomic mass is 16.5. The Kier molecular flexibility index (Phi) is 5.14. The number of hydrogen-bond acceptors (Lipinski definition) is 4. The van der Waals surface area contributed by atoms with Crippen LogP contribution in [0.1, 0.15) is 36.0 Å². The number of urea groups is 1. The Morgan fingerprint density at radius 1 is 1.11 bits per heavy atom. The highest BCUT2D eigenvalue weighted by Gasteiger charge is 2.36. The summed E-state index contributed by atoms with van der Waals surface area (Å²) >= 11 is 0. The molecule has 2 aliphatic rings. The normalized spacial score (nSPS) is 17.2. The third-order valence-corrected chi connectivity index (χ3v) is 5.44. The zero-order valence-electron chi connectivity index (χ0n) is 15.9. The molecule has 7 nitrogen and oxygen atoms in total. The van der Waals surface area contributed by atoms with Gasteiger partial charge in [0.05, 0.1) is 19.0 Å². The molecule has 7 heteroatoms. The summed E-state index contributed by atoms with van der Waals surface area (Å²) in [6.45, 7) is 1.40. The first kappa shape index (κ1) is 18.3. The number of anilines is 2. The van der Waals surface area contributed by atoms with Gasteiger partial charge >= 0.3 is 6.03 Å². The van der Waals surface area contributed by atoms with Crippen molar-refractivity contribution in [3.8, 4) is 5.75 Å². The molecule has 146 valence electrons. The number of amides is 3. The van der Waals surface area contributed by atoms with E-state index < -0.39 is 0 Å². The van der Waals surface area contributed by atoms with E-state index >= 15 is 0 Å². The SMILES string of the molecule is COc1ccc(C(=O)Nc2ccc(N3CCN(C4CCCC4)C3=O)nc2)cc1. The second kappa shape index (κ2) is 7.88. The quantitative estimate of drug-likeness (QED) is 0.861. The van der Waals surface area contributed by atoms with Gasteiger partial charge in [0.15, 0.2) is 0 Å². The minimum atomic E-state index is -0.220. The van der Waals surface area contributed by atoms with Crippen LogP contribution in [0.2, 0.25) is 0 Å². The fourth-order valence-electron chi connectivity index (χ4n) is 3.89. The van der Waals surface area contributed by atoms with Crippen molar-refractivity contribution in [2.45, 2.75) is 31.7 Å². The summed E-state index contributed by atoms with van der Waals surface area (Å²) < 4.78 is 5.10. The van der Waals surface area contributed by atoms with Gasteiger partial charge in [-0.3, -0.25) is 9.69 Å². The van der Waals surface area contributed by atoms with Crippen molar-refractivity contribution in [3.05, 3.63) is 48.2 Å². The van der Waals surface area contributed by atoms with Crippen molar-refractivity contribution in [2.75, 3.05) is 30.4 Å². The predicted octanol–water partition coefficient (Wildman–Crippen LogP) is 3.53. The third-order valence-electron chi connectivity index (χ3n) is 5.44. The van der Waals surface area contributed by atoms with E-state index in [0.29, 0.717) is 35.4 Å². The lowest BCUT2D eigenvalue weighted by Gasteiger charge is -2.23. The summed E-state index contributed by atoms with van der Waals surface area (Å²) in [6.07, 6.45) is 6.19. The Labute approximate surface area is 164 Å². The average Bonchev–Trinajstić information content (AvgIpc) is 3.38. The fraction of sp³-hybridized carbons (Fsp3) is 0.381. The third kappa shape index (κ3) is 3.65. The number of carbonyl (C=O) groups excluding carboxylic acids is 2. The van der Waals surface area contributed by atoms with E-state index in [-0.39, 0.29) is 11.9 Å². The monoisotopic (exact) mass is 380 g/mol. The molecule has 1 N–H and O–H groups in total. The van der Waals surface area contributed by atoms with Crippen LogP contribution in [0.5, 0.6) is 5.75 Å². The van der Waals surface area contributed by atoms with E-state index in [9.17, 15) is 9.59 Å². The number of pyridine rings is 1. The minimum Gasteiger partial charge on any atom is -0.497 e. The molecule has 1 aromatic heterocycles. The molecule has 0 unspecified atom stereocenters. The van der Waals surface area contributed by atoms with Gasteiger partial charge < -0.3 is 15.0 Å². The van der Waals surface area contributed by atoms with Crippen LogP contribution in [-0.2, 0) is 0 Å². The smallest absolute Gasteiger partial charge is 0.326 e. The second-order valence-electron chi connectivity index (χ2n) is 7.15. The lowest BCUT2D eigenvalue weighted by Crippen LogP contribution is -2.38. The number of nitrogens with one attached hydrogen (secondary N) is 1. The molecule has 1 saturated heterocycles. The van der Waals surface area contributed by atoms with Crippen LogP contribution >= 0.6 is 0 Å². The maximum absolute atomic E-state index is 12.7. The lowest BCUT2D eigenvalue weighted by molar-refractivity contribution is 0.102. The number of ether oxygens (including phenoxy) is 1. The van der Waals surface area contributed by atoms with Crippen molar-refractivity contribution >= 4 is 23.4 Å². The van der Waals surface area contributed by atoms with Gasteiger partial charge in [-0.15, -0.1) is 0 Å². The molecule has 0 radical (unpaired) electrons. The molecule has 1 saturated carbocycles. The van der Waals surface area contributed by atoms with E-state index in [1.807, 2.05) is 4.90 Å². The molecule has 2 heterocycles. The largest absolute Gasteiger partial charge is 0.497 e. The van der Waals surface area contributed by atoms with Gasteiger partial charge in [-0.25, -0.2) is 9.78 Å². The summed E-state index contributed by atoms with van der Waals surface area (Å²) in [6, 6.07) is 10.9. The van der Waals surface area contributed by atoms with E-state index in [4.69, 9.17) is 4.74 Å². The number of benzene rings is 1. The summed E-state index contributed by atoms with van der Waals surface area (Å²) in [5, 5.41) is 2.82. The van der Waals surface area contributed by atoms with Crippen molar-refractivity contribution in [1.29, 1.82) is 0 Å². The number of rotatable bonds is 5. The summed E-state index contributed by atoms with van der Waals surface area (Å²) in [5.74, 6) is 1.10. The van der Waals surface area contributed by atoms with Crippen molar-refractivity contribution < 1.29 is 14.3 Å². The van der Waals surface area contributed by atoms with Gasteiger partial charge in [0.25, 0.3) is 5.91 Å². The molecule has 2 fully saturated rings. The Bertz CT molecular complexity index is 845. The molecule has 1 aliphatic carbocycles. The highest BCUT2D eigenvalue weighted by molar-refractivity contribution is 6.04. The van der Waals surface area contributed by atoms with E-state index in [2.05, 4.69) is 10.3 Å². The van der Waals surface area contributed by atoms with Crippen molar-refractivity contribution in [2.24, 2.45) is 0 Å². The zero-order valence-corrected chi connectivity index (χ0v) is 15.9. The molecule has 1 aliphatic heterocycles. The van der Waals surface area contributed by atoms with Gasteiger partial charge in [0.1, 0.15) is 11.6 Å². The van der Waals surface area contributed by atoms with Crippen LogP contribution in [0, 0.1) is 0 Å². The summed E-state index contributed by atoms with van der Waals surface area (Å²) in [7, 11) is 1.58. The Hall–Kier alpha value is -3.09. The number of nitrogens with zero attached hydrogens (tertiary/aromatic N) is 3. The van der Waals surface area contributed by atoms with E-state index in [1.54, 1.807) is 54.6 Å². The Morgan fingerprint density at radius 3 is 2.50 bits per heavy atom. The van der Waals surface area contributed by atoms with Crippen LogP contribution in [0.3, 0.4) is 0 Å². The standard InChI is InChI=1S/C21H24N4O3/c1-28-18-9-6-15(7-10-18)20(26)23-16-8-11-19(22-14-16)25-13-12-24(21(25)27)17-4-2-3-5-17/h6-11,14,17H,2-5,12-13H2,1H3,(H,23,26). The maximum Gasteiger partial charge on any atom is 0.326 e. The van der Waals surface area contributed by atoms with Crippen molar-refractivity contribution in [3.63, 3.8) is 0 Å². The Morgan fingerprint density at radius 2 is 1.86 bits per heavy atom. The average molecular weight is 380 g/mol. The lowest BCUT2D eigenvalue weighted by atomic mass is 10.2. The van der Waals surface area contributed by atoms with Crippen LogP contribution in [0.25, 0.3) is 0 Å². The van der Waals surface area contributed by atoms with Crippen molar-refractivity contribution in [1.82, 2.24) is 9.88 Å². The summed E-state index contributed by atoms with van der Waals surface area (Å²) in [5.41, 5.74) is 1.12. The molecular weight excluding hydrogens is 356 g/mol. The molecule has 28 heavy (non-hydrogen) atoms. The first-order chi connectivity index (χ1) is 13.7. The molecule has 0 atom stereocenters. The predicted molar refractivity (Wildman–Crippen MR) is 107 cm³/mol. The first-order valence-corrected chi connectivity index (χ1v) is 9.65. The molecule has 3 amide bonds. The van der Waals surface area contributed by atoms with Crippen LogP contribution in [0.4, 0.5) is 16.3 Å². The zero-order chi connectivity index (χ0) is 19.5. The van der Waals surface area contributed by atoms with Gasteiger partial charge in [0, 0.05) is 24.7 Å². The van der Waals surface area contributed by atoms with Gasteiger partial charge in [-0.1, -0.05) is 12.8 Å². The topological polar surface area (TPSA) is 74.8 Å². The maximum atomic E-state index is 12.7. The molecular formula is C21H24N4O3. The Balaban J connectivity index is 1.39. The number of carbonyl (C=O) groups is 2. The van der Waals surface area contributed by atoms with Gasteiger partial charge in [0.2, 0.25) is 0 Å². The van der Waals surface area contributed by atoms with E-state index in [1.165, 1.54) is 12.8 Å². The van der Waals surface area contributed by atoms with E-state index in [0.717, 1.165) is 19.4 Å². The van der Waals surface area contributed by atoms with Crippen LogP contribution < -0.4 is 15.0 Å². The number of aromatic nitrogens is 1. The molecule has 2 aromatic rings. The molecule has 1 aromatic carbocycles. The van der Waals surface area contributed by atoms with Crippen LogP contribution in [-0.4, -0.2) is 48.1 Å². The second-order valence-corrected chi connectivity index (χ2v) is 7.15. The highest BCUT2D eigenvalue weighted by Crippen LogP contribution is 2.28. The van der Waals surface area contributed by atoms with Gasteiger partial charge in [-0.2, -0.15) is 0 Å². The molecule has 0 bridgehead atoms. The molecule has 0 spiro atoms. The first-order valence-electron chi connectivity index (χ1n) is 9.65. The fourth-order valence-corrected chi connectivity index (χ4v) is 3.89. The van der Waals surface area contributed by atoms with Gasteiger partial charge in [-0.05, 0) is 49.2 Å². The molecule has 4 rings (SSSR count). The minimum absolute atomic E-state index is 0.0365. The number of methoxy groups -OCH3 is 1. The van der Waals surface area contributed by atoms with Crippen LogP contribution in [0.15, 0.2) is 42.6 Å². The summed E-state index contributed by atoms with van der Waals surface area (Å²) in [4.78, 5) is 33.2.